The molecule has 1 fully saturated rings. The molecule has 1 saturated heterocycles. The van der Waals surface area contributed by atoms with Crippen LogP contribution in [0.4, 0.5) is 0 Å². The highest BCUT2D eigenvalue weighted by molar-refractivity contribution is 8.15. The van der Waals surface area contributed by atoms with Gasteiger partial charge in [-0.1, -0.05) is 13.3 Å². The number of amides is 1. The van der Waals surface area contributed by atoms with Crippen LogP contribution in [0.25, 0.3) is 0 Å². The van der Waals surface area contributed by atoms with Gasteiger partial charge in [0, 0.05) is 28.6 Å². The van der Waals surface area contributed by atoms with Crippen molar-refractivity contribution >= 4 is 37.0 Å². The lowest BCUT2D eigenvalue weighted by Crippen LogP contribution is -2.29. The predicted octanol–water partition coefficient (Wildman–Crippen LogP) is 2.48. The van der Waals surface area contributed by atoms with Gasteiger partial charge in [0.2, 0.25) is 5.91 Å². The van der Waals surface area contributed by atoms with Gasteiger partial charge in [-0.2, -0.15) is 0 Å². The van der Waals surface area contributed by atoms with E-state index in [0.717, 1.165) is 42.1 Å². The van der Waals surface area contributed by atoms with Crippen LogP contribution >= 0.6 is 22.0 Å². The number of nitrogens with zero attached hydrogens (tertiary/aromatic N) is 1. The van der Waals surface area contributed by atoms with Gasteiger partial charge in [0.25, 0.3) is 9.05 Å². The molecule has 0 aliphatic carbocycles. The normalized spacial score (nSPS) is 19.9. The lowest BCUT2D eigenvalue weighted by atomic mass is 10.1. The number of carbonyl (C=O) groups is 1. The van der Waals surface area contributed by atoms with Gasteiger partial charge in [0.05, 0.1) is 6.42 Å². The third-order valence-corrected chi connectivity index (χ3v) is 6.60. The van der Waals surface area contributed by atoms with Crippen LogP contribution < -0.4 is 0 Å². The van der Waals surface area contributed by atoms with Crippen molar-refractivity contribution in [2.75, 3.05) is 13.1 Å². The molecule has 1 aromatic heterocycles. The van der Waals surface area contributed by atoms with Crippen molar-refractivity contribution in [3.63, 3.8) is 0 Å². The first-order chi connectivity index (χ1) is 8.90. The van der Waals surface area contributed by atoms with E-state index in [1.54, 1.807) is 6.07 Å². The van der Waals surface area contributed by atoms with Gasteiger partial charge in [-0.05, 0) is 24.5 Å². The van der Waals surface area contributed by atoms with Crippen molar-refractivity contribution in [3.05, 3.63) is 17.0 Å². The molecule has 19 heavy (non-hydrogen) atoms. The molecule has 7 heteroatoms. The molecule has 0 aromatic carbocycles. The van der Waals surface area contributed by atoms with Crippen molar-refractivity contribution in [3.8, 4) is 0 Å². The molecule has 1 amide bonds. The van der Waals surface area contributed by atoms with Crippen molar-refractivity contribution in [1.29, 1.82) is 0 Å². The van der Waals surface area contributed by atoms with Crippen LogP contribution in [0.5, 0.6) is 0 Å². The summed E-state index contributed by atoms with van der Waals surface area (Å²) in [5, 5.41) is 0. The number of carbonyl (C=O) groups excluding carboxylic acids is 1. The molecule has 0 N–H and O–H groups in total. The number of thiophene rings is 1. The fourth-order valence-corrected chi connectivity index (χ4v) is 4.35. The van der Waals surface area contributed by atoms with E-state index in [1.807, 2.05) is 4.90 Å². The Balaban J connectivity index is 1.98. The summed E-state index contributed by atoms with van der Waals surface area (Å²) < 4.78 is 22.4. The minimum Gasteiger partial charge on any atom is -0.342 e. The molecule has 1 atom stereocenters. The van der Waals surface area contributed by atoms with Crippen molar-refractivity contribution in [1.82, 2.24) is 4.90 Å². The molecule has 4 nitrogen and oxygen atoms in total. The molecule has 1 aromatic rings. The Morgan fingerprint density at radius 1 is 1.53 bits per heavy atom. The average Bonchev–Trinajstić information content (AvgIpc) is 2.95. The van der Waals surface area contributed by atoms with E-state index < -0.39 is 9.05 Å². The topological polar surface area (TPSA) is 54.5 Å². The van der Waals surface area contributed by atoms with Crippen LogP contribution in [0.15, 0.2) is 16.3 Å². The summed E-state index contributed by atoms with van der Waals surface area (Å²) in [6, 6.07) is 3.11. The molecule has 0 spiro atoms. The number of hydrogen-bond donors (Lipinski definition) is 0. The van der Waals surface area contributed by atoms with Gasteiger partial charge in [-0.3, -0.25) is 4.79 Å². The standard InChI is InChI=1S/C12H16ClNO3S2/c1-2-9-5-6-14(8-9)11(15)7-10-3-4-12(18-10)19(13,16)17/h3-4,9H,2,5-8H2,1H3. The summed E-state index contributed by atoms with van der Waals surface area (Å²) in [6.45, 7) is 3.76. The monoisotopic (exact) mass is 321 g/mol. The molecule has 0 bridgehead atoms. The second-order valence-corrected chi connectivity index (χ2v) is 8.70. The number of hydrogen-bond acceptors (Lipinski definition) is 4. The van der Waals surface area contributed by atoms with E-state index in [-0.39, 0.29) is 16.5 Å². The van der Waals surface area contributed by atoms with Gasteiger partial charge in [-0.25, -0.2) is 8.42 Å². The zero-order valence-electron chi connectivity index (χ0n) is 10.6. The zero-order valence-corrected chi connectivity index (χ0v) is 13.0. The molecule has 1 aliphatic rings. The predicted molar refractivity (Wildman–Crippen MR) is 76.0 cm³/mol. The molecule has 0 saturated carbocycles. The molecular formula is C12H16ClNO3S2. The number of rotatable bonds is 4. The molecule has 2 heterocycles. The molecule has 0 radical (unpaired) electrons. The maximum Gasteiger partial charge on any atom is 0.270 e. The Hall–Kier alpha value is -0.590. The van der Waals surface area contributed by atoms with Crippen LogP contribution in [0.1, 0.15) is 24.6 Å². The first kappa shape index (κ1) is 14.8. The van der Waals surface area contributed by atoms with Crippen molar-refractivity contribution in [2.24, 2.45) is 5.92 Å². The highest BCUT2D eigenvalue weighted by Gasteiger charge is 2.25. The molecule has 1 aliphatic heterocycles. The van der Waals surface area contributed by atoms with Crippen LogP contribution in [0, 0.1) is 5.92 Å². The van der Waals surface area contributed by atoms with Crippen LogP contribution in [0.2, 0.25) is 0 Å². The minimum absolute atomic E-state index is 0.0660. The molecule has 1 unspecified atom stereocenters. The van der Waals surface area contributed by atoms with Gasteiger partial charge in [-0.15, -0.1) is 11.3 Å². The smallest absolute Gasteiger partial charge is 0.270 e. The first-order valence-electron chi connectivity index (χ1n) is 6.21. The van der Waals surface area contributed by atoms with Crippen molar-refractivity contribution < 1.29 is 13.2 Å². The van der Waals surface area contributed by atoms with Crippen LogP contribution in [-0.4, -0.2) is 32.3 Å². The van der Waals surface area contributed by atoms with Gasteiger partial charge in [0.15, 0.2) is 0 Å². The van der Waals surface area contributed by atoms with Gasteiger partial charge < -0.3 is 4.90 Å². The average molecular weight is 322 g/mol. The maximum absolute atomic E-state index is 12.1. The highest BCUT2D eigenvalue weighted by Crippen LogP contribution is 2.26. The lowest BCUT2D eigenvalue weighted by molar-refractivity contribution is -0.129. The molecular weight excluding hydrogens is 306 g/mol. The highest BCUT2D eigenvalue weighted by atomic mass is 35.7. The summed E-state index contributed by atoms with van der Waals surface area (Å²) in [7, 11) is 1.58. The fraction of sp³-hybridized carbons (Fsp3) is 0.583. The van der Waals surface area contributed by atoms with Gasteiger partial charge in [0.1, 0.15) is 4.21 Å². The summed E-state index contributed by atoms with van der Waals surface area (Å²) in [5.41, 5.74) is 0. The Labute approximate surface area is 121 Å². The number of halogens is 1. The van der Waals surface area contributed by atoms with Crippen LogP contribution in [-0.2, 0) is 20.3 Å². The van der Waals surface area contributed by atoms with Crippen molar-refractivity contribution in [2.45, 2.75) is 30.4 Å². The van der Waals surface area contributed by atoms with E-state index in [0.29, 0.717) is 5.92 Å². The van der Waals surface area contributed by atoms with E-state index in [2.05, 4.69) is 6.92 Å². The third-order valence-electron chi connectivity index (χ3n) is 3.42. The fourth-order valence-electron chi connectivity index (χ4n) is 2.24. The summed E-state index contributed by atoms with van der Waals surface area (Å²) >= 11 is 1.07. The maximum atomic E-state index is 12.1. The SMILES string of the molecule is CCC1CCN(C(=O)Cc2ccc(S(=O)(=O)Cl)s2)C1. The van der Waals surface area contributed by atoms with E-state index in [9.17, 15) is 13.2 Å². The zero-order chi connectivity index (χ0) is 14.0. The summed E-state index contributed by atoms with van der Waals surface area (Å²) in [4.78, 5) is 14.7. The van der Waals surface area contributed by atoms with Crippen LogP contribution in [0.3, 0.4) is 0 Å². The van der Waals surface area contributed by atoms with E-state index in [1.165, 1.54) is 6.07 Å². The van der Waals surface area contributed by atoms with E-state index >= 15 is 0 Å². The summed E-state index contributed by atoms with van der Waals surface area (Å²) in [5.74, 6) is 0.669. The molecule has 106 valence electrons. The largest absolute Gasteiger partial charge is 0.342 e. The lowest BCUT2D eigenvalue weighted by Gasteiger charge is -2.15. The second kappa shape index (κ2) is 5.81. The minimum atomic E-state index is -3.68. The Morgan fingerprint density at radius 2 is 2.26 bits per heavy atom. The van der Waals surface area contributed by atoms with Gasteiger partial charge >= 0.3 is 0 Å². The molecule has 2 rings (SSSR count). The first-order valence-corrected chi connectivity index (χ1v) is 9.34. The van der Waals surface area contributed by atoms with E-state index in [4.69, 9.17) is 10.7 Å². The Morgan fingerprint density at radius 3 is 2.79 bits per heavy atom. The second-order valence-electron chi connectivity index (χ2n) is 4.74. The quantitative estimate of drug-likeness (QED) is 0.801. The Kier molecular flexibility index (Phi) is 4.53. The third kappa shape index (κ3) is 3.70. The summed E-state index contributed by atoms with van der Waals surface area (Å²) in [6.07, 6.45) is 2.42. The number of likely N-dealkylation sites (tertiary alicyclic amines) is 1. The Bertz CT molecular complexity index is 567.